The molecule has 2 N–H and O–H groups in total. The van der Waals surface area contributed by atoms with Gasteiger partial charge in [-0.15, -0.1) is 11.3 Å². The van der Waals surface area contributed by atoms with E-state index in [1.807, 2.05) is 0 Å². The van der Waals surface area contributed by atoms with Crippen LogP contribution in [0.5, 0.6) is 0 Å². The van der Waals surface area contributed by atoms with Crippen molar-refractivity contribution in [3.63, 3.8) is 0 Å². The monoisotopic (exact) mass is 232 g/mol. The van der Waals surface area contributed by atoms with Gasteiger partial charge in [0.2, 0.25) is 0 Å². The molecule has 2 aliphatic rings. The van der Waals surface area contributed by atoms with Crippen molar-refractivity contribution >= 4 is 36.1 Å². The zero-order valence-corrected chi connectivity index (χ0v) is 9.76. The Morgan fingerprint density at radius 1 is 1.19 bits per heavy atom. The van der Waals surface area contributed by atoms with Crippen LogP contribution in [0.1, 0.15) is 29.7 Å². The first-order valence-electron chi connectivity index (χ1n) is 5.65. The largest absolute Gasteiger partial charge is 0.485 e. The summed E-state index contributed by atoms with van der Waals surface area (Å²) in [4.78, 5) is 1.30. The lowest BCUT2D eigenvalue weighted by atomic mass is 9.75. The second-order valence-electron chi connectivity index (χ2n) is 4.27. The molecule has 2 aliphatic carbocycles. The molecule has 1 aromatic rings. The van der Waals surface area contributed by atoms with Gasteiger partial charge >= 0.3 is 7.12 Å². The molecule has 0 radical (unpaired) electrons. The molecule has 4 heteroatoms. The van der Waals surface area contributed by atoms with Crippen LogP contribution in [0, 0.1) is 0 Å². The summed E-state index contributed by atoms with van der Waals surface area (Å²) in [6, 6.07) is 0. The minimum atomic E-state index is -1.29. The van der Waals surface area contributed by atoms with Gasteiger partial charge in [-0.25, -0.2) is 0 Å². The molecule has 16 heavy (non-hydrogen) atoms. The van der Waals surface area contributed by atoms with Crippen molar-refractivity contribution in [2.75, 3.05) is 0 Å². The standard InChI is InChI=1S/C12H13BO2S/c14-13(15)10-6-3-5-9-8-4-1-2-7-11(8)16-12(9)10/h2,5,7,14-15H,1,3-4,6H2. The summed E-state index contributed by atoms with van der Waals surface area (Å²) in [7, 11) is -1.29. The third kappa shape index (κ3) is 1.49. The van der Waals surface area contributed by atoms with Gasteiger partial charge in [-0.05, 0) is 48.0 Å². The maximum absolute atomic E-state index is 9.38. The van der Waals surface area contributed by atoms with E-state index in [1.165, 1.54) is 15.7 Å². The lowest BCUT2D eigenvalue weighted by Crippen LogP contribution is -2.33. The number of thiophene rings is 1. The summed E-state index contributed by atoms with van der Waals surface area (Å²) in [5.41, 5.74) is 2.20. The Hall–Kier alpha value is -0.835. The predicted molar refractivity (Wildman–Crippen MR) is 68.2 cm³/mol. The smallest absolute Gasteiger partial charge is 0.423 e. The molecule has 2 nitrogen and oxygen atoms in total. The van der Waals surface area contributed by atoms with Gasteiger partial charge in [0.05, 0.1) is 0 Å². The Bertz CT molecular complexity index is 569. The third-order valence-electron chi connectivity index (χ3n) is 3.27. The van der Waals surface area contributed by atoms with Crippen LogP contribution < -0.4 is 9.75 Å². The van der Waals surface area contributed by atoms with Gasteiger partial charge < -0.3 is 10.0 Å². The van der Waals surface area contributed by atoms with Crippen LogP contribution in [0.25, 0.3) is 17.6 Å². The molecule has 3 rings (SSSR count). The van der Waals surface area contributed by atoms with Crippen molar-refractivity contribution in [2.24, 2.45) is 0 Å². The highest BCUT2D eigenvalue weighted by molar-refractivity contribution is 7.11. The highest BCUT2D eigenvalue weighted by atomic mass is 32.1. The van der Waals surface area contributed by atoms with Crippen molar-refractivity contribution in [1.29, 1.82) is 0 Å². The molecule has 1 heterocycles. The quantitative estimate of drug-likeness (QED) is 0.690. The summed E-state index contributed by atoms with van der Waals surface area (Å²) in [6.07, 6.45) is 10.5. The summed E-state index contributed by atoms with van der Waals surface area (Å²) >= 11 is 1.70. The number of rotatable bonds is 1. The molecule has 0 spiro atoms. The molecule has 1 aromatic heterocycles. The normalized spacial score (nSPS) is 17.8. The van der Waals surface area contributed by atoms with E-state index in [9.17, 15) is 10.0 Å². The van der Waals surface area contributed by atoms with E-state index in [-0.39, 0.29) is 0 Å². The Labute approximate surface area is 98.4 Å². The molecule has 0 amide bonds. The SMILES string of the molecule is OB(O)C1=c2sc3c(c2=CCC1)CCC=C3. The molecule has 82 valence electrons. The lowest BCUT2D eigenvalue weighted by Gasteiger charge is -2.08. The first-order valence-corrected chi connectivity index (χ1v) is 6.46. The molecular formula is C12H13BO2S. The minimum absolute atomic E-state index is 0.772. The molecule has 0 saturated heterocycles. The molecule has 0 unspecified atom stereocenters. The van der Waals surface area contributed by atoms with Crippen molar-refractivity contribution < 1.29 is 10.0 Å². The van der Waals surface area contributed by atoms with Crippen LogP contribution in [0.2, 0.25) is 0 Å². The maximum atomic E-state index is 9.38. The van der Waals surface area contributed by atoms with E-state index in [4.69, 9.17) is 0 Å². The summed E-state index contributed by atoms with van der Waals surface area (Å²) in [5.74, 6) is 0. The van der Waals surface area contributed by atoms with Crippen molar-refractivity contribution in [1.82, 2.24) is 0 Å². The summed E-state index contributed by atoms with van der Waals surface area (Å²) in [5, 5.41) is 20.0. The Morgan fingerprint density at radius 3 is 2.88 bits per heavy atom. The number of fused-ring (bicyclic) bond motifs is 3. The van der Waals surface area contributed by atoms with Crippen LogP contribution in [0.15, 0.2) is 6.08 Å². The molecule has 0 bridgehead atoms. The average molecular weight is 232 g/mol. The number of hydrogen-bond donors (Lipinski definition) is 2. The van der Waals surface area contributed by atoms with Gasteiger partial charge in [0.25, 0.3) is 0 Å². The van der Waals surface area contributed by atoms with Gasteiger partial charge in [-0.1, -0.05) is 12.2 Å². The van der Waals surface area contributed by atoms with Crippen LogP contribution in [-0.4, -0.2) is 17.2 Å². The Morgan fingerprint density at radius 2 is 2.06 bits per heavy atom. The van der Waals surface area contributed by atoms with Crippen LogP contribution in [0.3, 0.4) is 0 Å². The zero-order valence-electron chi connectivity index (χ0n) is 8.94. The third-order valence-corrected chi connectivity index (χ3v) is 4.56. The van der Waals surface area contributed by atoms with Crippen molar-refractivity contribution in [3.8, 4) is 0 Å². The molecule has 0 aromatic carbocycles. The first kappa shape index (κ1) is 10.3. The zero-order chi connectivity index (χ0) is 11.1. The minimum Gasteiger partial charge on any atom is -0.423 e. The number of allylic oxidation sites excluding steroid dienone is 1. The first-order chi connectivity index (χ1) is 7.77. The fourth-order valence-corrected chi connectivity index (χ4v) is 3.87. The van der Waals surface area contributed by atoms with E-state index >= 15 is 0 Å². The van der Waals surface area contributed by atoms with Crippen molar-refractivity contribution in [2.45, 2.75) is 25.7 Å². The second kappa shape index (κ2) is 3.88. The lowest BCUT2D eigenvalue weighted by molar-refractivity contribution is 0.425. The van der Waals surface area contributed by atoms with Gasteiger partial charge in [-0.2, -0.15) is 0 Å². The van der Waals surface area contributed by atoms with Crippen molar-refractivity contribution in [3.05, 3.63) is 26.3 Å². The molecule has 0 atom stereocenters. The van der Waals surface area contributed by atoms with Gasteiger partial charge in [0.1, 0.15) is 0 Å². The van der Waals surface area contributed by atoms with Crippen LogP contribution in [0.4, 0.5) is 0 Å². The van der Waals surface area contributed by atoms with Gasteiger partial charge in [-0.3, -0.25) is 0 Å². The second-order valence-corrected chi connectivity index (χ2v) is 5.32. The average Bonchev–Trinajstić information content (AvgIpc) is 2.67. The molecular weight excluding hydrogens is 219 g/mol. The van der Waals surface area contributed by atoms with E-state index in [0.29, 0.717) is 0 Å². The predicted octanol–water partition coefficient (Wildman–Crippen LogP) is 0.445. The highest BCUT2D eigenvalue weighted by Crippen LogP contribution is 2.21. The summed E-state index contributed by atoms with van der Waals surface area (Å²) in [6.45, 7) is 0. The topological polar surface area (TPSA) is 40.5 Å². The van der Waals surface area contributed by atoms with Crippen LogP contribution in [-0.2, 0) is 6.42 Å². The maximum Gasteiger partial charge on any atom is 0.485 e. The van der Waals surface area contributed by atoms with E-state index < -0.39 is 7.12 Å². The van der Waals surface area contributed by atoms with Gasteiger partial charge in [0, 0.05) is 9.41 Å². The highest BCUT2D eigenvalue weighted by Gasteiger charge is 2.21. The summed E-state index contributed by atoms with van der Waals surface area (Å²) < 4.78 is 1.10. The fraction of sp³-hybridized carbons (Fsp3) is 0.333. The molecule has 0 aliphatic heterocycles. The van der Waals surface area contributed by atoms with E-state index in [2.05, 4.69) is 18.2 Å². The van der Waals surface area contributed by atoms with E-state index in [1.54, 1.807) is 11.3 Å². The van der Waals surface area contributed by atoms with E-state index in [0.717, 1.165) is 35.7 Å². The molecule has 0 saturated carbocycles. The fourth-order valence-electron chi connectivity index (χ4n) is 2.49. The van der Waals surface area contributed by atoms with Crippen LogP contribution >= 0.6 is 11.3 Å². The Balaban J connectivity index is 2.35. The molecule has 0 fully saturated rings. The van der Waals surface area contributed by atoms with Gasteiger partial charge in [0.15, 0.2) is 0 Å². The Kier molecular flexibility index (Phi) is 2.50. The number of hydrogen-bond acceptors (Lipinski definition) is 3.